The number of fused-ring (bicyclic) bond motifs is 3. The maximum absolute atomic E-state index is 5.51. The van der Waals surface area contributed by atoms with E-state index in [0.29, 0.717) is 0 Å². The van der Waals surface area contributed by atoms with Crippen molar-refractivity contribution in [2.45, 2.75) is 65.2 Å². The molecule has 0 N–H and O–H groups in total. The van der Waals surface area contributed by atoms with Crippen LogP contribution in [0.2, 0.25) is 5.02 Å². The average Bonchev–Trinajstić information content (AvgIpc) is 3.67. The molecule has 0 unspecified atom stereocenters. The Morgan fingerprint density at radius 3 is 1.77 bits per heavy atom. The van der Waals surface area contributed by atoms with E-state index >= 15 is 0 Å². The van der Waals surface area contributed by atoms with E-state index in [2.05, 4.69) is 106 Å². The predicted octanol–water partition coefficient (Wildman–Crippen LogP) is 11.4. The molecule has 0 heterocycles. The smallest absolute Gasteiger partial charge is 0.171 e. The molecule has 0 amide bonds. The van der Waals surface area contributed by atoms with E-state index in [1.165, 1.54) is 57.6 Å². The van der Waals surface area contributed by atoms with Gasteiger partial charge in [0.2, 0.25) is 0 Å². The van der Waals surface area contributed by atoms with Gasteiger partial charge < -0.3 is 0 Å². The van der Waals surface area contributed by atoms with Crippen molar-refractivity contribution in [3.05, 3.63) is 155 Å². The molecule has 0 atom stereocenters. The minimum Gasteiger partial charge on any atom is -0.184 e. The van der Waals surface area contributed by atoms with Gasteiger partial charge in [0.15, 0.2) is 0 Å². The van der Waals surface area contributed by atoms with Crippen molar-refractivity contribution in [3.8, 4) is 11.1 Å². The normalized spacial score (nSPS) is 11.5. The number of benzene rings is 4. The zero-order chi connectivity index (χ0) is 30.3. The number of hydrogen-bond donors (Lipinski definition) is 0. The van der Waals surface area contributed by atoms with Gasteiger partial charge in [-0.1, -0.05) is 81.3 Å². The molecule has 228 valence electrons. The van der Waals surface area contributed by atoms with Crippen molar-refractivity contribution >= 4 is 40.6 Å². The molecule has 2 aliphatic rings. The van der Waals surface area contributed by atoms with E-state index in [-0.39, 0.29) is 35.6 Å². The largest absolute Gasteiger partial charge is 0.184 e. The van der Waals surface area contributed by atoms with Gasteiger partial charge in [-0.25, -0.2) is 12.2 Å². The van der Waals surface area contributed by atoms with Crippen LogP contribution in [0.5, 0.6) is 0 Å². The molecule has 6 rings (SSSR count). The summed E-state index contributed by atoms with van der Waals surface area (Å²) in [6.45, 7) is 13.6. The van der Waals surface area contributed by atoms with Crippen LogP contribution in [0.25, 0.3) is 11.1 Å². The molecule has 43 heavy (non-hydrogen) atoms. The van der Waals surface area contributed by atoms with E-state index in [1.54, 1.807) is 6.07 Å². The van der Waals surface area contributed by atoms with Gasteiger partial charge in [-0.3, -0.25) is 6.08 Å². The van der Waals surface area contributed by atoms with Crippen LogP contribution in [0.4, 0.5) is 0 Å². The Hall–Kier alpha value is -2.02. The second-order valence-electron chi connectivity index (χ2n) is 11.6. The molecule has 0 aliphatic heterocycles. The fraction of sp³-hybridized carbons (Fsp3) is 0.256. The Morgan fingerprint density at radius 1 is 0.744 bits per heavy atom. The summed E-state index contributed by atoms with van der Waals surface area (Å²) in [7, 11) is 0. The van der Waals surface area contributed by atoms with Crippen LogP contribution >= 0.6 is 36.4 Å². The molecule has 0 fully saturated rings. The first kappa shape index (κ1) is 41.0. The molecule has 0 bridgehead atoms. The van der Waals surface area contributed by atoms with Gasteiger partial charge in [-0.15, -0.1) is 36.8 Å². The summed E-state index contributed by atoms with van der Waals surface area (Å²) in [6.07, 6.45) is 11.0. The van der Waals surface area contributed by atoms with E-state index in [1.807, 2.05) is 60.7 Å². The fourth-order valence-corrected chi connectivity index (χ4v) is 4.17. The van der Waals surface area contributed by atoms with E-state index in [4.69, 9.17) is 11.6 Å². The van der Waals surface area contributed by atoms with Crippen LogP contribution < -0.4 is 0 Å². The fourth-order valence-electron chi connectivity index (χ4n) is 4.04. The maximum Gasteiger partial charge on any atom is -0.171 e. The average molecular weight is 709 g/mol. The van der Waals surface area contributed by atoms with Gasteiger partial charge in [0, 0.05) is 0 Å². The van der Waals surface area contributed by atoms with E-state index in [9.17, 15) is 0 Å². The molecule has 0 nitrogen and oxygen atoms in total. The SMILES string of the molecule is CC(C)(C)c1c[c-]c2c(c1)-c1cc(C(C)(C)C)ccc1C2.Cl.Cl.Clc1c[c-]ccc1.[C-]1=CC=CC1.[CH2]=[Zr].[c-]1ccccc1. The summed E-state index contributed by atoms with van der Waals surface area (Å²) in [6, 6.07) is 37.6. The van der Waals surface area contributed by atoms with Crippen molar-refractivity contribution in [3.63, 3.8) is 0 Å². The van der Waals surface area contributed by atoms with Crippen molar-refractivity contribution in [2.24, 2.45) is 0 Å². The minimum absolute atomic E-state index is 0. The Morgan fingerprint density at radius 2 is 1.37 bits per heavy atom. The van der Waals surface area contributed by atoms with Crippen LogP contribution in [0.3, 0.4) is 0 Å². The Kier molecular flexibility index (Phi) is 19.9. The van der Waals surface area contributed by atoms with E-state index in [0.717, 1.165) is 17.9 Å². The molecule has 0 saturated heterocycles. The van der Waals surface area contributed by atoms with Crippen molar-refractivity contribution in [2.75, 3.05) is 0 Å². The monoisotopic (exact) mass is 706 g/mol. The number of hydrogen-bond acceptors (Lipinski definition) is 0. The first-order valence-electron chi connectivity index (χ1n) is 13.8. The summed E-state index contributed by atoms with van der Waals surface area (Å²) in [5.74, 6) is 0. The summed E-state index contributed by atoms with van der Waals surface area (Å²) >= 11 is 6.81. The maximum atomic E-state index is 5.51. The van der Waals surface area contributed by atoms with Crippen LogP contribution in [0.1, 0.15) is 70.2 Å². The molecular formula is C39H43Cl3Zr-4. The molecule has 4 heteroatoms. The van der Waals surface area contributed by atoms with E-state index < -0.39 is 0 Å². The third-order valence-corrected chi connectivity index (χ3v) is 6.62. The Labute approximate surface area is 293 Å². The zero-order valence-corrected chi connectivity index (χ0v) is 31.0. The molecule has 4 aromatic carbocycles. The molecule has 0 spiro atoms. The van der Waals surface area contributed by atoms with Crippen LogP contribution in [0, 0.1) is 24.3 Å². The second-order valence-corrected chi connectivity index (χ2v) is 12.1. The molecule has 0 saturated carbocycles. The third-order valence-electron chi connectivity index (χ3n) is 6.39. The number of allylic oxidation sites excluding steroid dienone is 4. The van der Waals surface area contributed by atoms with Gasteiger partial charge >= 0.3 is 28.4 Å². The first-order chi connectivity index (χ1) is 19.6. The summed E-state index contributed by atoms with van der Waals surface area (Å²) in [5, 5.41) is 0.738. The van der Waals surface area contributed by atoms with Gasteiger partial charge in [0.1, 0.15) is 0 Å². The predicted molar refractivity (Wildman–Crippen MR) is 190 cm³/mol. The zero-order valence-electron chi connectivity index (χ0n) is 26.1. The molecule has 4 aromatic rings. The third kappa shape index (κ3) is 14.5. The van der Waals surface area contributed by atoms with Crippen LogP contribution in [0.15, 0.2) is 103 Å². The first-order valence-corrected chi connectivity index (χ1v) is 16.0. The van der Waals surface area contributed by atoms with Gasteiger partial charge in [0.25, 0.3) is 0 Å². The Bertz CT molecular complexity index is 1280. The summed E-state index contributed by atoms with van der Waals surface area (Å²) < 4.78 is 3.34. The van der Waals surface area contributed by atoms with Crippen molar-refractivity contribution < 1.29 is 24.2 Å². The molecule has 2 aliphatic carbocycles. The standard InChI is InChI=1S/C21H25.C6H4Cl.C6H5.C5H5.CH2.2ClH.Zr/c1-20(2,3)16-9-7-14-11-15-8-10-17(21(4,5)6)13-19(15)18(14)12-16;7-6-4-2-1-3-5-6;1-2-4-6-5-3-1;1-2-4-5-3-1;;;;/h7,9-10,12-13H,11H2,1-6H3;1-2,4-5H;1-5H;1-3H,4H2;1H2;2*1H;/q4*-1;;;;. The van der Waals surface area contributed by atoms with Crippen molar-refractivity contribution in [1.29, 1.82) is 0 Å². The minimum atomic E-state index is 0. The van der Waals surface area contributed by atoms with Crippen LogP contribution in [-0.2, 0) is 41.5 Å². The molecule has 0 radical (unpaired) electrons. The quantitative estimate of drug-likeness (QED) is 0.141. The summed E-state index contributed by atoms with van der Waals surface area (Å²) in [4.78, 5) is 0. The Balaban J connectivity index is 0.000000654. The van der Waals surface area contributed by atoms with Gasteiger partial charge in [-0.2, -0.15) is 114 Å². The van der Waals surface area contributed by atoms with Gasteiger partial charge in [-0.05, 0) is 17.4 Å². The topological polar surface area (TPSA) is 0 Å². The number of rotatable bonds is 0. The number of halogens is 3. The second kappa shape index (κ2) is 20.9. The van der Waals surface area contributed by atoms with Crippen molar-refractivity contribution in [1.82, 2.24) is 0 Å². The van der Waals surface area contributed by atoms with Crippen LogP contribution in [-0.4, -0.2) is 4.21 Å². The summed E-state index contributed by atoms with van der Waals surface area (Å²) in [5.41, 5.74) is 8.76. The van der Waals surface area contributed by atoms with Gasteiger partial charge in [0.05, 0.1) is 0 Å². The molecular weight excluding hydrogens is 666 g/mol. The molecule has 0 aromatic heterocycles.